The minimum atomic E-state index is -4.59. The summed E-state index contributed by atoms with van der Waals surface area (Å²) >= 11 is 0. The third-order valence-corrected chi connectivity index (χ3v) is 3.78. The van der Waals surface area contributed by atoms with Crippen molar-refractivity contribution in [3.05, 3.63) is 59.4 Å². The Kier molecular flexibility index (Phi) is 5.00. The lowest BCUT2D eigenvalue weighted by Gasteiger charge is -2.24. The van der Waals surface area contributed by atoms with E-state index in [2.05, 4.69) is 15.6 Å². The maximum atomic E-state index is 12.7. The zero-order valence-electron chi connectivity index (χ0n) is 13.1. The van der Waals surface area contributed by atoms with Gasteiger partial charge in [-0.2, -0.15) is 13.2 Å². The molecule has 2 N–H and O–H groups in total. The van der Waals surface area contributed by atoms with E-state index in [0.717, 1.165) is 24.4 Å². The number of benzene rings is 1. The maximum Gasteiger partial charge on any atom is 0.433 e. The summed E-state index contributed by atoms with van der Waals surface area (Å²) in [4.78, 5) is 15.4. The number of hydrogen-bond acceptors (Lipinski definition) is 4. The number of hydrogen-bond donors (Lipinski definition) is 2. The minimum absolute atomic E-state index is 0.0481. The highest BCUT2D eigenvalue weighted by molar-refractivity contribution is 6.04. The van der Waals surface area contributed by atoms with Crippen LogP contribution in [-0.4, -0.2) is 30.6 Å². The van der Waals surface area contributed by atoms with Crippen LogP contribution in [0.3, 0.4) is 0 Å². The third-order valence-electron chi connectivity index (χ3n) is 3.78. The lowest BCUT2D eigenvalue weighted by atomic mass is 10.1. The first-order chi connectivity index (χ1) is 11.9. The topological polar surface area (TPSA) is 63.2 Å². The zero-order valence-corrected chi connectivity index (χ0v) is 13.1. The van der Waals surface area contributed by atoms with Crippen LogP contribution in [0.1, 0.15) is 27.7 Å². The largest absolute Gasteiger partial charge is 0.433 e. The Bertz CT molecular complexity index is 742. The lowest BCUT2D eigenvalue weighted by Crippen LogP contribution is -2.33. The molecule has 0 aliphatic carbocycles. The number of pyridine rings is 1. The summed E-state index contributed by atoms with van der Waals surface area (Å²) in [6.45, 7) is 2.16. The van der Waals surface area contributed by atoms with Crippen molar-refractivity contribution in [2.45, 2.75) is 12.3 Å². The van der Waals surface area contributed by atoms with Crippen LogP contribution in [0.15, 0.2) is 42.6 Å². The van der Waals surface area contributed by atoms with Crippen LogP contribution < -0.4 is 10.6 Å². The number of carbonyl (C=O) groups is 1. The van der Waals surface area contributed by atoms with Gasteiger partial charge in [-0.05, 0) is 29.8 Å². The van der Waals surface area contributed by atoms with E-state index in [4.69, 9.17) is 4.74 Å². The molecular formula is C17H16F3N3O2. The maximum absolute atomic E-state index is 12.7. The van der Waals surface area contributed by atoms with E-state index in [1.54, 1.807) is 12.1 Å². The zero-order chi connectivity index (χ0) is 17.9. The number of aromatic nitrogens is 1. The first-order valence-electron chi connectivity index (χ1n) is 7.70. The Morgan fingerprint density at radius 1 is 1.24 bits per heavy atom. The summed E-state index contributed by atoms with van der Waals surface area (Å²) < 4.78 is 43.6. The van der Waals surface area contributed by atoms with Gasteiger partial charge >= 0.3 is 6.18 Å². The van der Waals surface area contributed by atoms with Crippen LogP contribution >= 0.6 is 0 Å². The van der Waals surface area contributed by atoms with E-state index in [9.17, 15) is 18.0 Å². The highest BCUT2D eigenvalue weighted by atomic mass is 19.4. The van der Waals surface area contributed by atoms with Gasteiger partial charge in [0.1, 0.15) is 5.69 Å². The summed E-state index contributed by atoms with van der Waals surface area (Å²) in [5.41, 5.74) is 0.250. The quantitative estimate of drug-likeness (QED) is 0.892. The molecule has 2 aromatic rings. The Labute approximate surface area is 142 Å². The monoisotopic (exact) mass is 351 g/mol. The first-order valence-corrected chi connectivity index (χ1v) is 7.70. The smallest absolute Gasteiger partial charge is 0.371 e. The second-order valence-corrected chi connectivity index (χ2v) is 5.57. The number of amides is 1. The van der Waals surface area contributed by atoms with E-state index >= 15 is 0 Å². The van der Waals surface area contributed by atoms with E-state index in [0.29, 0.717) is 18.8 Å². The Morgan fingerprint density at radius 3 is 2.64 bits per heavy atom. The number of ether oxygens (including phenoxy) is 1. The number of morpholine rings is 1. The number of alkyl halides is 3. The number of carbonyl (C=O) groups excluding carboxylic acids is 1. The van der Waals surface area contributed by atoms with Gasteiger partial charge in [0.15, 0.2) is 0 Å². The number of nitrogens with zero attached hydrogens (tertiary/aromatic N) is 1. The van der Waals surface area contributed by atoms with Crippen LogP contribution in [0.25, 0.3) is 0 Å². The molecule has 5 nitrogen and oxygen atoms in total. The second kappa shape index (κ2) is 7.20. The van der Waals surface area contributed by atoms with E-state index in [1.165, 1.54) is 6.07 Å². The van der Waals surface area contributed by atoms with Crippen molar-refractivity contribution in [3.8, 4) is 0 Å². The molecule has 1 fully saturated rings. The molecule has 1 aromatic heterocycles. The highest BCUT2D eigenvalue weighted by Gasteiger charge is 2.32. The van der Waals surface area contributed by atoms with Crippen LogP contribution in [0.2, 0.25) is 0 Å². The molecule has 0 unspecified atom stereocenters. The van der Waals surface area contributed by atoms with Crippen molar-refractivity contribution in [2.24, 2.45) is 0 Å². The van der Waals surface area contributed by atoms with Crippen molar-refractivity contribution in [1.82, 2.24) is 10.3 Å². The van der Waals surface area contributed by atoms with E-state index < -0.39 is 17.8 Å². The molecule has 3 rings (SSSR count). The molecule has 1 atom stereocenters. The Balaban J connectivity index is 1.68. The fourth-order valence-electron chi connectivity index (χ4n) is 2.49. The van der Waals surface area contributed by atoms with Crippen molar-refractivity contribution >= 4 is 11.6 Å². The lowest BCUT2D eigenvalue weighted by molar-refractivity contribution is -0.141. The van der Waals surface area contributed by atoms with Crippen LogP contribution in [-0.2, 0) is 10.9 Å². The molecule has 1 amide bonds. The molecule has 1 aliphatic rings. The average Bonchev–Trinajstić information content (AvgIpc) is 2.62. The molecule has 2 heterocycles. The Hall–Kier alpha value is -2.45. The molecule has 1 aliphatic heterocycles. The van der Waals surface area contributed by atoms with Gasteiger partial charge in [-0.25, -0.2) is 0 Å². The fourth-order valence-corrected chi connectivity index (χ4v) is 2.49. The van der Waals surface area contributed by atoms with E-state index in [1.807, 2.05) is 12.1 Å². The van der Waals surface area contributed by atoms with Gasteiger partial charge in [0.2, 0.25) is 0 Å². The fraction of sp³-hybridized carbons (Fsp3) is 0.294. The average molecular weight is 351 g/mol. The molecular weight excluding hydrogens is 335 g/mol. The molecule has 132 valence electrons. The van der Waals surface area contributed by atoms with Crippen LogP contribution in [0.4, 0.5) is 18.9 Å². The molecule has 1 saturated heterocycles. The van der Waals surface area contributed by atoms with Crippen LogP contribution in [0, 0.1) is 0 Å². The molecule has 0 radical (unpaired) electrons. The molecule has 0 bridgehead atoms. The van der Waals surface area contributed by atoms with Crippen LogP contribution in [0.5, 0.6) is 0 Å². The number of rotatable bonds is 3. The number of anilines is 1. The number of halogens is 3. The van der Waals surface area contributed by atoms with Gasteiger partial charge in [0.05, 0.1) is 12.7 Å². The number of nitrogens with one attached hydrogen (secondary N) is 2. The van der Waals surface area contributed by atoms with Gasteiger partial charge < -0.3 is 15.4 Å². The summed E-state index contributed by atoms with van der Waals surface area (Å²) in [6.07, 6.45) is -3.67. The molecule has 25 heavy (non-hydrogen) atoms. The van der Waals surface area contributed by atoms with Gasteiger partial charge in [-0.1, -0.05) is 12.1 Å². The van der Waals surface area contributed by atoms with E-state index in [-0.39, 0.29) is 11.7 Å². The first kappa shape index (κ1) is 17.4. The molecule has 0 spiro atoms. The molecule has 8 heteroatoms. The van der Waals surface area contributed by atoms with Gasteiger partial charge in [0.25, 0.3) is 5.91 Å². The highest BCUT2D eigenvalue weighted by Crippen LogP contribution is 2.28. The second-order valence-electron chi connectivity index (χ2n) is 5.57. The summed E-state index contributed by atoms with van der Waals surface area (Å²) in [7, 11) is 0. The molecule has 1 aromatic carbocycles. The SMILES string of the molecule is O=C(Nc1ccc([C@@H]2CNCCO2)cc1)c1ccnc(C(F)(F)F)c1. The third kappa shape index (κ3) is 4.34. The standard InChI is InChI=1S/C17H16F3N3O2/c18-17(19,20)15-9-12(5-6-22-15)16(24)23-13-3-1-11(2-4-13)14-10-21-7-8-25-14/h1-6,9,14,21H,7-8,10H2,(H,23,24)/t14-/m0/s1. The predicted molar refractivity (Wildman–Crippen MR) is 85.2 cm³/mol. The van der Waals surface area contributed by atoms with Crippen molar-refractivity contribution in [2.75, 3.05) is 25.0 Å². The predicted octanol–water partition coefficient (Wildman–Crippen LogP) is 3.01. The summed E-state index contributed by atoms with van der Waals surface area (Å²) in [5, 5.41) is 5.80. The van der Waals surface area contributed by atoms with Gasteiger partial charge in [0, 0.05) is 30.5 Å². The minimum Gasteiger partial charge on any atom is -0.371 e. The summed E-state index contributed by atoms with van der Waals surface area (Å²) in [5.74, 6) is -0.628. The van der Waals surface area contributed by atoms with Gasteiger partial charge in [-0.3, -0.25) is 9.78 Å². The molecule has 0 saturated carbocycles. The van der Waals surface area contributed by atoms with Crippen molar-refractivity contribution in [3.63, 3.8) is 0 Å². The Morgan fingerprint density at radius 2 is 2.00 bits per heavy atom. The normalized spacial score (nSPS) is 18.0. The van der Waals surface area contributed by atoms with Crippen molar-refractivity contribution in [1.29, 1.82) is 0 Å². The summed E-state index contributed by atoms with van der Waals surface area (Å²) in [6, 6.07) is 8.99. The van der Waals surface area contributed by atoms with Gasteiger partial charge in [-0.15, -0.1) is 0 Å². The van der Waals surface area contributed by atoms with Crippen molar-refractivity contribution < 1.29 is 22.7 Å².